The van der Waals surface area contributed by atoms with Crippen LogP contribution in [0.15, 0.2) is 30.3 Å². The van der Waals surface area contributed by atoms with Crippen molar-refractivity contribution in [3.05, 3.63) is 52.6 Å². The van der Waals surface area contributed by atoms with Crippen LogP contribution in [0.25, 0.3) is 22.5 Å². The molecule has 0 N–H and O–H groups in total. The fourth-order valence-electron chi connectivity index (χ4n) is 5.25. The molecule has 3 aromatic rings. The average molecular weight is 547 g/mol. The largest absolute Gasteiger partial charge is 0.490 e. The molecule has 2 fully saturated rings. The third kappa shape index (κ3) is 6.23. The lowest BCUT2D eigenvalue weighted by Gasteiger charge is -2.21. The Bertz CT molecular complexity index is 1290. The van der Waals surface area contributed by atoms with E-state index in [1.165, 1.54) is 27.8 Å². The average Bonchev–Trinajstić information content (AvgIpc) is 3.84. The molecule has 0 radical (unpaired) electrons. The minimum absolute atomic E-state index is 0.225. The summed E-state index contributed by atoms with van der Waals surface area (Å²) in [6.45, 7) is 20.7. The van der Waals surface area contributed by atoms with Gasteiger partial charge in [0.15, 0.2) is 0 Å². The zero-order valence-corrected chi connectivity index (χ0v) is 25.7. The van der Waals surface area contributed by atoms with Crippen LogP contribution in [-0.2, 0) is 16.5 Å². The first-order valence-electron chi connectivity index (χ1n) is 14.9. The summed E-state index contributed by atoms with van der Waals surface area (Å²) in [7, 11) is 2.04. The van der Waals surface area contributed by atoms with E-state index in [0.717, 1.165) is 41.7 Å². The second kappa shape index (κ2) is 11.6. The van der Waals surface area contributed by atoms with Gasteiger partial charge in [-0.2, -0.15) is 5.10 Å². The smallest absolute Gasteiger partial charge is 0.126 e. The molecule has 2 aromatic carbocycles. The molecule has 3 heterocycles. The molecular formula is C34H46N2O4. The number of nitrogens with zero attached hydrogens (tertiary/aromatic N) is 2. The van der Waals surface area contributed by atoms with Gasteiger partial charge in [-0.3, -0.25) is 4.68 Å². The third-order valence-corrected chi connectivity index (χ3v) is 7.88. The van der Waals surface area contributed by atoms with Crippen LogP contribution in [0.4, 0.5) is 0 Å². The second-order valence-corrected chi connectivity index (χ2v) is 12.7. The SMILES string of the molecule is CC(C)c1cc(-c2cc(-c3cc(C(C)C)c(OCC4CO4)c(C(C)C)c3)n(C)n2)cc(C(C)C)c1OCC1CO1. The van der Waals surface area contributed by atoms with Gasteiger partial charge in [0.1, 0.15) is 36.9 Å². The van der Waals surface area contributed by atoms with Crippen molar-refractivity contribution in [2.45, 2.75) is 91.3 Å². The molecule has 1 aromatic heterocycles. The molecular weight excluding hydrogens is 500 g/mol. The minimum Gasteiger partial charge on any atom is -0.490 e. The van der Waals surface area contributed by atoms with E-state index in [9.17, 15) is 0 Å². The Labute approximate surface area is 240 Å². The van der Waals surface area contributed by atoms with Crippen molar-refractivity contribution in [1.82, 2.24) is 9.78 Å². The van der Waals surface area contributed by atoms with Gasteiger partial charge in [-0.1, -0.05) is 55.4 Å². The number of rotatable bonds is 12. The Morgan fingerprint density at radius 2 is 1.05 bits per heavy atom. The lowest BCUT2D eigenvalue weighted by atomic mass is 9.89. The lowest BCUT2D eigenvalue weighted by molar-refractivity contribution is 0.258. The van der Waals surface area contributed by atoms with Crippen molar-refractivity contribution in [2.24, 2.45) is 7.05 Å². The summed E-state index contributed by atoms with van der Waals surface area (Å²) in [5, 5.41) is 5.02. The summed E-state index contributed by atoms with van der Waals surface area (Å²) in [5.74, 6) is 3.34. The van der Waals surface area contributed by atoms with Crippen LogP contribution in [0.2, 0.25) is 0 Å². The Balaban J connectivity index is 1.56. The molecule has 2 unspecified atom stereocenters. The first-order chi connectivity index (χ1) is 19.0. The molecule has 2 aliphatic heterocycles. The Morgan fingerprint density at radius 3 is 1.40 bits per heavy atom. The highest BCUT2D eigenvalue weighted by Crippen LogP contribution is 2.42. The first kappa shape index (κ1) is 28.7. The number of hydrogen-bond donors (Lipinski definition) is 0. The maximum Gasteiger partial charge on any atom is 0.126 e. The van der Waals surface area contributed by atoms with Gasteiger partial charge in [0, 0.05) is 18.2 Å². The summed E-state index contributed by atoms with van der Waals surface area (Å²) in [6.07, 6.45) is 0.452. The van der Waals surface area contributed by atoms with E-state index < -0.39 is 0 Å². The van der Waals surface area contributed by atoms with Crippen LogP contribution in [-0.4, -0.2) is 48.4 Å². The topological polar surface area (TPSA) is 61.3 Å². The van der Waals surface area contributed by atoms with Crippen molar-refractivity contribution in [3.8, 4) is 34.0 Å². The molecule has 0 bridgehead atoms. The Morgan fingerprint density at radius 1 is 0.675 bits per heavy atom. The molecule has 2 saturated heterocycles. The fourth-order valence-corrected chi connectivity index (χ4v) is 5.25. The normalized spacial score (nSPS) is 18.3. The number of hydrogen-bond acceptors (Lipinski definition) is 5. The molecule has 6 heteroatoms. The number of aromatic nitrogens is 2. The van der Waals surface area contributed by atoms with Crippen molar-refractivity contribution < 1.29 is 18.9 Å². The monoisotopic (exact) mass is 546 g/mol. The highest BCUT2D eigenvalue weighted by Gasteiger charge is 2.27. The van der Waals surface area contributed by atoms with E-state index in [1.807, 2.05) is 11.7 Å². The lowest BCUT2D eigenvalue weighted by Crippen LogP contribution is -2.10. The van der Waals surface area contributed by atoms with E-state index in [2.05, 4.69) is 85.7 Å². The van der Waals surface area contributed by atoms with Crippen LogP contribution >= 0.6 is 0 Å². The van der Waals surface area contributed by atoms with Gasteiger partial charge in [0.05, 0.1) is 24.6 Å². The zero-order valence-electron chi connectivity index (χ0n) is 25.7. The minimum atomic E-state index is 0.225. The molecule has 6 nitrogen and oxygen atoms in total. The summed E-state index contributed by atoms with van der Waals surface area (Å²) in [6, 6.07) is 11.3. The van der Waals surface area contributed by atoms with E-state index in [-0.39, 0.29) is 12.2 Å². The second-order valence-electron chi connectivity index (χ2n) is 12.7. The molecule has 40 heavy (non-hydrogen) atoms. The molecule has 0 amide bonds. The highest BCUT2D eigenvalue weighted by molar-refractivity contribution is 5.73. The van der Waals surface area contributed by atoms with Crippen LogP contribution in [0.1, 0.15) is 101 Å². The Kier molecular flexibility index (Phi) is 8.30. The number of ether oxygens (including phenoxy) is 4. The van der Waals surface area contributed by atoms with Gasteiger partial charge in [0.2, 0.25) is 0 Å². The van der Waals surface area contributed by atoms with Gasteiger partial charge in [-0.25, -0.2) is 0 Å². The van der Waals surface area contributed by atoms with Crippen LogP contribution < -0.4 is 9.47 Å². The number of epoxide rings is 2. The van der Waals surface area contributed by atoms with Gasteiger partial charge in [0.25, 0.3) is 0 Å². The van der Waals surface area contributed by atoms with Crippen LogP contribution in [0.5, 0.6) is 11.5 Å². The van der Waals surface area contributed by atoms with Crippen molar-refractivity contribution in [3.63, 3.8) is 0 Å². The fraction of sp³-hybridized carbons (Fsp3) is 0.559. The zero-order chi connectivity index (χ0) is 28.7. The van der Waals surface area contributed by atoms with Crippen molar-refractivity contribution >= 4 is 0 Å². The van der Waals surface area contributed by atoms with Crippen LogP contribution in [0, 0.1) is 0 Å². The summed E-state index contributed by atoms with van der Waals surface area (Å²) in [5.41, 5.74) is 9.27. The third-order valence-electron chi connectivity index (χ3n) is 7.88. The quantitative estimate of drug-likeness (QED) is 0.217. The predicted molar refractivity (Wildman–Crippen MR) is 161 cm³/mol. The van der Waals surface area contributed by atoms with Gasteiger partial charge >= 0.3 is 0 Å². The van der Waals surface area contributed by atoms with Gasteiger partial charge in [-0.05, 0) is 76.3 Å². The summed E-state index contributed by atoms with van der Waals surface area (Å²) in [4.78, 5) is 0. The van der Waals surface area contributed by atoms with Crippen molar-refractivity contribution in [1.29, 1.82) is 0 Å². The molecule has 216 valence electrons. The highest BCUT2D eigenvalue weighted by atomic mass is 16.6. The first-order valence-corrected chi connectivity index (χ1v) is 14.9. The van der Waals surface area contributed by atoms with E-state index in [0.29, 0.717) is 36.9 Å². The van der Waals surface area contributed by atoms with Gasteiger partial charge < -0.3 is 18.9 Å². The predicted octanol–water partition coefficient (Wildman–Crippen LogP) is 7.80. The van der Waals surface area contributed by atoms with Crippen LogP contribution in [0.3, 0.4) is 0 Å². The molecule has 0 spiro atoms. The standard InChI is InChI=1S/C34H46N2O4/c1-19(2)27-10-23(11-28(20(3)4)33(27)39-17-25-15-37-25)31-14-32(36(9)35-31)24-12-29(21(5)6)34(30(13-24)22(7)8)40-18-26-16-38-26/h10-14,19-22,25-26H,15-18H2,1-9H3. The molecule has 5 rings (SSSR count). The molecule has 0 saturated carbocycles. The number of aryl methyl sites for hydroxylation is 1. The summed E-state index contributed by atoms with van der Waals surface area (Å²) >= 11 is 0. The molecule has 0 aliphatic carbocycles. The molecule has 2 atom stereocenters. The van der Waals surface area contributed by atoms with Crippen molar-refractivity contribution in [2.75, 3.05) is 26.4 Å². The molecule has 2 aliphatic rings. The maximum atomic E-state index is 6.36. The number of benzene rings is 2. The Hall–Kier alpha value is -2.83. The maximum absolute atomic E-state index is 6.36. The van der Waals surface area contributed by atoms with Gasteiger partial charge in [-0.15, -0.1) is 0 Å². The van der Waals surface area contributed by atoms with E-state index >= 15 is 0 Å². The van der Waals surface area contributed by atoms with E-state index in [4.69, 9.17) is 24.0 Å². The summed E-state index contributed by atoms with van der Waals surface area (Å²) < 4.78 is 25.6. The van der Waals surface area contributed by atoms with E-state index in [1.54, 1.807) is 0 Å².